The Labute approximate surface area is 680 Å². The van der Waals surface area contributed by atoms with Crippen molar-refractivity contribution in [2.24, 2.45) is 22.7 Å². The Kier molecular flexibility index (Phi) is 26.1. The lowest BCUT2D eigenvalue weighted by molar-refractivity contribution is 0.411. The van der Waals surface area contributed by atoms with Gasteiger partial charge in [0.05, 0.1) is 56.1 Å². The van der Waals surface area contributed by atoms with E-state index in [1.807, 2.05) is 24.3 Å². The first-order valence-corrected chi connectivity index (χ1v) is 40.7. The quantitative estimate of drug-likeness (QED) is 0.117. The minimum atomic E-state index is -0.149. The van der Waals surface area contributed by atoms with Crippen molar-refractivity contribution in [3.63, 3.8) is 0 Å². The minimum absolute atomic E-state index is 0.147. The zero-order valence-corrected chi connectivity index (χ0v) is 71.2. The molecule has 0 aliphatic heterocycles. The second-order valence-electron chi connectivity index (χ2n) is 35.4. The third-order valence-electron chi connectivity index (χ3n) is 21.0. The van der Waals surface area contributed by atoms with E-state index >= 15 is 0 Å². The van der Waals surface area contributed by atoms with Gasteiger partial charge in [-0.3, -0.25) is 0 Å². The Bertz CT molecular complexity index is 5910. The summed E-state index contributed by atoms with van der Waals surface area (Å²) in [5, 5.41) is 5.40. The molecule has 1 saturated carbocycles. The van der Waals surface area contributed by atoms with Crippen LogP contribution in [-0.4, -0.2) is 49.8 Å². The summed E-state index contributed by atoms with van der Waals surface area (Å²) in [5.41, 5.74) is 32.5. The maximum absolute atomic E-state index is 13.9. The monoisotopic (exact) mass is 1530 g/mol. The minimum Gasteiger partial charge on any atom is -0.236 e. The molecule has 115 heavy (non-hydrogen) atoms. The predicted octanol–water partition coefficient (Wildman–Crippen LogP) is 27.1. The standard InChI is InChI=1S/C21H23FN2.C21H22N2.C21H24N2.C20H21FN2.C20H22N2/c1-13-8-16(9-14(2)19(13)22)20-17-7-6-15(11-21(3,4)5)10-18(17)23-12-24-20;1-14-9-15(2)11-18(10-14)21-19-8-7-17(16-5-3-4-6-16)12-20(19)22-13-23-21;1-14-8-15(2)10-17(9-14)20-18-7-6-16(12-21(3,4)5)11-19(18)22-13-23-20;1-12(2)7-15-5-6-17-18(10-15)22-11-23-20(17)16-8-13(3)19(21)14(4)9-16;1-13(2)7-16-5-6-18-19(11-16)21-12-22-20(18)17-9-14(3)8-15(4)10-17/h6-10,12H,11H2,1-5H3;7-13,16H,3-6H2,1-2H3;6-11,13H,12H2,1-5H3;5-6,8-12H,7H2,1-4H3;5-6,8-13H,7H2,1-4H3. The van der Waals surface area contributed by atoms with Gasteiger partial charge in [0, 0.05) is 54.7 Å². The average Bonchev–Trinajstić information content (AvgIpc) is 0.927. The van der Waals surface area contributed by atoms with Crippen LogP contribution >= 0.6 is 0 Å². The summed E-state index contributed by atoms with van der Waals surface area (Å²) in [5.74, 6) is 1.68. The summed E-state index contributed by atoms with van der Waals surface area (Å²) in [6.45, 7) is 42.3. The summed E-state index contributed by atoms with van der Waals surface area (Å²) in [7, 11) is 0. The van der Waals surface area contributed by atoms with E-state index in [2.05, 4.69) is 306 Å². The van der Waals surface area contributed by atoms with Crippen LogP contribution in [0, 0.1) is 104 Å². The molecule has 12 heteroatoms. The van der Waals surface area contributed by atoms with E-state index in [-0.39, 0.29) is 22.5 Å². The first-order chi connectivity index (χ1) is 54.7. The maximum Gasteiger partial charge on any atom is 0.129 e. The van der Waals surface area contributed by atoms with Crippen LogP contribution in [0.15, 0.2) is 201 Å². The van der Waals surface area contributed by atoms with Gasteiger partial charge < -0.3 is 0 Å². The van der Waals surface area contributed by atoms with Gasteiger partial charge in [0.25, 0.3) is 0 Å². The van der Waals surface area contributed by atoms with Crippen molar-refractivity contribution in [3.8, 4) is 56.3 Å². The van der Waals surface area contributed by atoms with Crippen LogP contribution in [0.4, 0.5) is 8.78 Å². The summed E-state index contributed by atoms with van der Waals surface area (Å²) < 4.78 is 27.8. The summed E-state index contributed by atoms with van der Waals surface area (Å²) in [4.78, 5) is 44.9. The molecule has 1 aliphatic carbocycles. The van der Waals surface area contributed by atoms with Crippen LogP contribution in [0.2, 0.25) is 0 Å². The highest BCUT2D eigenvalue weighted by Gasteiger charge is 2.21. The summed E-state index contributed by atoms with van der Waals surface area (Å²) in [6, 6.07) is 59.8. The van der Waals surface area contributed by atoms with Crippen LogP contribution in [0.1, 0.15) is 184 Å². The molecule has 5 heterocycles. The molecule has 588 valence electrons. The largest absolute Gasteiger partial charge is 0.236 e. The summed E-state index contributed by atoms with van der Waals surface area (Å²) >= 11 is 0. The van der Waals surface area contributed by atoms with Gasteiger partial charge in [-0.15, -0.1) is 0 Å². The molecule has 0 spiro atoms. The van der Waals surface area contributed by atoms with Gasteiger partial charge >= 0.3 is 0 Å². The second-order valence-corrected chi connectivity index (χ2v) is 35.4. The Hall–Kier alpha value is -11.2. The Morgan fingerprint density at radius 1 is 0.296 bits per heavy atom. The molecule has 0 radical (unpaired) electrons. The number of fused-ring (bicyclic) bond motifs is 5. The van der Waals surface area contributed by atoms with Gasteiger partial charge in [-0.2, -0.15) is 0 Å². The van der Waals surface area contributed by atoms with E-state index < -0.39 is 0 Å². The van der Waals surface area contributed by atoms with E-state index in [0.29, 0.717) is 34.1 Å². The van der Waals surface area contributed by atoms with Crippen molar-refractivity contribution >= 4 is 54.5 Å². The first kappa shape index (κ1) is 83.2. The third kappa shape index (κ3) is 21.4. The lowest BCUT2D eigenvalue weighted by atomic mass is 9.87. The first-order valence-electron chi connectivity index (χ1n) is 40.7. The third-order valence-corrected chi connectivity index (χ3v) is 21.0. The molecule has 1 fully saturated rings. The summed E-state index contributed by atoms with van der Waals surface area (Å²) in [6.07, 6.45) is 17.8. The van der Waals surface area contributed by atoms with Crippen LogP contribution in [-0.2, 0) is 25.7 Å². The normalized spacial score (nSPS) is 12.4. The van der Waals surface area contributed by atoms with Crippen LogP contribution in [0.5, 0.6) is 0 Å². The Morgan fingerprint density at radius 3 is 0.809 bits per heavy atom. The van der Waals surface area contributed by atoms with Crippen molar-refractivity contribution in [3.05, 3.63) is 297 Å². The molecule has 10 aromatic carbocycles. The smallest absolute Gasteiger partial charge is 0.129 e. The van der Waals surface area contributed by atoms with Crippen LogP contribution in [0.25, 0.3) is 111 Å². The van der Waals surface area contributed by atoms with Crippen molar-refractivity contribution in [2.75, 3.05) is 0 Å². The molecule has 1 aliphatic rings. The van der Waals surface area contributed by atoms with Crippen molar-refractivity contribution in [1.82, 2.24) is 49.8 Å². The SMILES string of the molecule is Cc1cc(-c2ncnc3cc(CC(C)(C)C)ccc23)cc(C)c1F.Cc1cc(-c2ncnc3cc(CC(C)C)ccc23)cc(C)c1F.Cc1cc(C)cc(-c2ncnc3cc(C4CCCC4)ccc23)c1.Cc1cc(C)cc(-c2ncnc3cc(CC(C)(C)C)ccc23)c1.Cc1cc(C)cc(-c2ncnc3cc(CC(C)C)ccc23)c1. The van der Waals surface area contributed by atoms with Crippen molar-refractivity contribution < 1.29 is 8.78 Å². The van der Waals surface area contributed by atoms with E-state index in [9.17, 15) is 8.78 Å². The molecule has 10 nitrogen and oxygen atoms in total. The number of aromatic nitrogens is 10. The van der Waals surface area contributed by atoms with Crippen molar-refractivity contribution in [2.45, 2.75) is 196 Å². The molecule has 0 saturated heterocycles. The number of halogens is 2. The molecule has 0 atom stereocenters. The molecular formula is C103H112F2N10. The fourth-order valence-corrected chi connectivity index (χ4v) is 16.3. The average molecular weight is 1530 g/mol. The van der Waals surface area contributed by atoms with Gasteiger partial charge in [0.1, 0.15) is 43.3 Å². The highest BCUT2D eigenvalue weighted by atomic mass is 19.1. The van der Waals surface area contributed by atoms with E-state index in [4.69, 9.17) is 0 Å². The van der Waals surface area contributed by atoms with Gasteiger partial charge in [-0.1, -0.05) is 194 Å². The molecule has 0 bridgehead atoms. The van der Waals surface area contributed by atoms with E-state index in [1.54, 1.807) is 59.3 Å². The van der Waals surface area contributed by atoms with Crippen LogP contribution in [0.3, 0.4) is 0 Å². The molecule has 0 unspecified atom stereocenters. The Balaban J connectivity index is 0.000000133. The number of nitrogens with zero attached hydrogens (tertiary/aromatic N) is 10. The Morgan fingerprint density at radius 2 is 0.539 bits per heavy atom. The van der Waals surface area contributed by atoms with Gasteiger partial charge in [-0.25, -0.2) is 58.6 Å². The number of aryl methyl sites for hydroxylation is 10. The maximum atomic E-state index is 13.9. The predicted molar refractivity (Wildman–Crippen MR) is 477 cm³/mol. The fourth-order valence-electron chi connectivity index (χ4n) is 16.3. The van der Waals surface area contributed by atoms with Gasteiger partial charge in [0.15, 0.2) is 0 Å². The van der Waals surface area contributed by atoms with Gasteiger partial charge in [-0.05, 0) is 277 Å². The lowest BCUT2D eigenvalue weighted by Gasteiger charge is -2.18. The highest BCUT2D eigenvalue weighted by Crippen LogP contribution is 2.39. The zero-order chi connectivity index (χ0) is 82.2. The van der Waals surface area contributed by atoms with Crippen molar-refractivity contribution in [1.29, 1.82) is 0 Å². The second kappa shape index (κ2) is 36.1. The highest BCUT2D eigenvalue weighted by molar-refractivity contribution is 5.97. The number of benzene rings is 10. The van der Waals surface area contributed by atoms with E-state index in [0.717, 1.165) is 126 Å². The molecule has 15 aromatic rings. The molecule has 0 amide bonds. The van der Waals surface area contributed by atoms with Crippen LogP contribution < -0.4 is 0 Å². The lowest BCUT2D eigenvalue weighted by Crippen LogP contribution is -2.09. The number of hydrogen-bond acceptors (Lipinski definition) is 10. The zero-order valence-electron chi connectivity index (χ0n) is 71.2. The molecule has 0 N–H and O–H groups in total. The molecule has 5 aromatic heterocycles. The topological polar surface area (TPSA) is 129 Å². The van der Waals surface area contributed by atoms with E-state index in [1.165, 1.54) is 104 Å². The molecular weight excluding hydrogens is 1420 g/mol. The molecule has 16 rings (SSSR count). The number of hydrogen-bond donors (Lipinski definition) is 0. The fraction of sp³-hybridized carbons (Fsp3) is 0.320. The van der Waals surface area contributed by atoms with Gasteiger partial charge in [0.2, 0.25) is 0 Å². The number of rotatable bonds is 12.